The molecule has 3 aliphatic rings. The lowest BCUT2D eigenvalue weighted by Gasteiger charge is -2.40. The van der Waals surface area contributed by atoms with E-state index in [4.69, 9.17) is 15.5 Å². The second-order valence-electron chi connectivity index (χ2n) is 5.46. The van der Waals surface area contributed by atoms with Gasteiger partial charge in [0.15, 0.2) is 5.17 Å². The lowest BCUT2D eigenvalue weighted by Crippen LogP contribution is -2.44. The second-order valence-corrected chi connectivity index (χ2v) is 6.35. The molecule has 2 N–H and O–H groups in total. The maximum absolute atomic E-state index is 6.02. The van der Waals surface area contributed by atoms with E-state index in [1.165, 1.54) is 17.3 Å². The van der Waals surface area contributed by atoms with Crippen molar-refractivity contribution in [1.29, 1.82) is 0 Å². The molecule has 0 bridgehead atoms. The number of thioether (sulfide) groups is 1. The van der Waals surface area contributed by atoms with Crippen molar-refractivity contribution in [1.82, 2.24) is 0 Å². The third-order valence-corrected chi connectivity index (χ3v) is 4.75. The van der Waals surface area contributed by atoms with Crippen molar-refractivity contribution in [3.63, 3.8) is 0 Å². The molecule has 1 aliphatic carbocycles. The molecule has 0 amide bonds. The molecule has 3 rings (SSSR count). The van der Waals surface area contributed by atoms with E-state index < -0.39 is 5.54 Å². The Morgan fingerprint density at radius 1 is 1.23 bits per heavy atom. The first-order valence-electron chi connectivity index (χ1n) is 7.40. The minimum absolute atomic E-state index is 0.508. The minimum atomic E-state index is -0.508. The Hall–Kier alpha value is -1.78. The lowest BCUT2D eigenvalue weighted by atomic mass is 9.77. The maximum atomic E-state index is 6.02. The summed E-state index contributed by atoms with van der Waals surface area (Å²) in [7, 11) is 0. The molecule has 1 fully saturated rings. The van der Waals surface area contributed by atoms with Crippen molar-refractivity contribution in [3.05, 3.63) is 71.2 Å². The minimum Gasteiger partial charge on any atom is -0.378 e. The van der Waals surface area contributed by atoms with Crippen LogP contribution in [0.2, 0.25) is 0 Å². The predicted octanol–water partition coefficient (Wildman–Crippen LogP) is 3.65. The summed E-state index contributed by atoms with van der Waals surface area (Å²) >= 11 is 1.49. The highest BCUT2D eigenvalue weighted by Gasteiger charge is 2.43. The third-order valence-electron chi connectivity index (χ3n) is 4.02. The van der Waals surface area contributed by atoms with E-state index >= 15 is 0 Å². The quantitative estimate of drug-likeness (QED) is 0.804. The molecule has 1 atom stereocenters. The van der Waals surface area contributed by atoms with Gasteiger partial charge in [0.1, 0.15) is 5.54 Å². The van der Waals surface area contributed by atoms with Crippen LogP contribution in [-0.2, 0) is 4.74 Å². The Morgan fingerprint density at radius 3 is 2.95 bits per heavy atom. The number of aliphatic imine (C=N–C) groups is 1. The zero-order valence-corrected chi connectivity index (χ0v) is 13.3. The van der Waals surface area contributed by atoms with Crippen LogP contribution in [0.3, 0.4) is 0 Å². The van der Waals surface area contributed by atoms with Gasteiger partial charge >= 0.3 is 0 Å². The van der Waals surface area contributed by atoms with Crippen LogP contribution in [0, 0.1) is 0 Å². The number of fused-ring (bicyclic) bond motifs is 1. The van der Waals surface area contributed by atoms with Crippen LogP contribution in [0.1, 0.15) is 12.8 Å². The molecule has 1 unspecified atom stereocenters. The third kappa shape index (κ3) is 2.89. The van der Waals surface area contributed by atoms with Gasteiger partial charge in [0.2, 0.25) is 0 Å². The number of rotatable bonds is 1. The monoisotopic (exact) mass is 312 g/mol. The normalized spacial score (nSPS) is 35.3. The van der Waals surface area contributed by atoms with Crippen LogP contribution < -0.4 is 5.73 Å². The summed E-state index contributed by atoms with van der Waals surface area (Å²) in [4.78, 5) is 4.80. The van der Waals surface area contributed by atoms with Crippen LogP contribution in [0.25, 0.3) is 0 Å². The Morgan fingerprint density at radius 2 is 2.05 bits per heavy atom. The van der Waals surface area contributed by atoms with E-state index in [-0.39, 0.29) is 0 Å². The van der Waals surface area contributed by atoms with E-state index in [0.717, 1.165) is 30.6 Å². The van der Waals surface area contributed by atoms with Crippen molar-refractivity contribution in [2.24, 2.45) is 10.7 Å². The van der Waals surface area contributed by atoms with E-state index in [0.29, 0.717) is 11.8 Å². The first kappa shape index (κ1) is 15.1. The SMILES string of the molecule is C=C1C\C=C/C=C\C=C/C=C\1C12COCCC1=CSC(N)=N2. The first-order chi connectivity index (χ1) is 10.7. The first-order valence-corrected chi connectivity index (χ1v) is 8.28. The Labute approximate surface area is 135 Å². The molecule has 114 valence electrons. The lowest BCUT2D eigenvalue weighted by molar-refractivity contribution is 0.0835. The smallest absolute Gasteiger partial charge is 0.159 e. The summed E-state index contributed by atoms with van der Waals surface area (Å²) in [6.07, 6.45) is 16.0. The van der Waals surface area contributed by atoms with E-state index in [1.807, 2.05) is 30.4 Å². The van der Waals surface area contributed by atoms with Gasteiger partial charge in [-0.3, -0.25) is 0 Å². The van der Waals surface area contributed by atoms with Gasteiger partial charge in [-0.25, -0.2) is 4.99 Å². The number of nitrogens with zero attached hydrogens (tertiary/aromatic N) is 1. The second kappa shape index (κ2) is 6.55. The Balaban J connectivity index is 2.09. The molecule has 0 aromatic heterocycles. The van der Waals surface area contributed by atoms with Crippen molar-refractivity contribution < 1.29 is 4.74 Å². The van der Waals surface area contributed by atoms with E-state index in [2.05, 4.69) is 24.1 Å². The molecular weight excluding hydrogens is 292 g/mol. The molecule has 1 saturated heterocycles. The molecule has 4 heteroatoms. The van der Waals surface area contributed by atoms with Gasteiger partial charge in [-0.1, -0.05) is 60.9 Å². The van der Waals surface area contributed by atoms with Gasteiger partial charge in [0.05, 0.1) is 13.2 Å². The van der Waals surface area contributed by atoms with Crippen molar-refractivity contribution in [3.8, 4) is 0 Å². The molecule has 0 radical (unpaired) electrons. The molecule has 0 aromatic rings. The fourth-order valence-electron chi connectivity index (χ4n) is 2.91. The van der Waals surface area contributed by atoms with Gasteiger partial charge in [-0.2, -0.15) is 0 Å². The molecule has 22 heavy (non-hydrogen) atoms. The number of hydrogen-bond donors (Lipinski definition) is 1. The van der Waals surface area contributed by atoms with Crippen LogP contribution >= 0.6 is 11.8 Å². The van der Waals surface area contributed by atoms with Gasteiger partial charge in [0.25, 0.3) is 0 Å². The summed E-state index contributed by atoms with van der Waals surface area (Å²) < 4.78 is 5.77. The van der Waals surface area contributed by atoms with Crippen LogP contribution in [0.5, 0.6) is 0 Å². The van der Waals surface area contributed by atoms with Gasteiger partial charge in [-0.15, -0.1) is 0 Å². The Bertz CT molecular complexity index is 652. The highest BCUT2D eigenvalue weighted by Crippen LogP contribution is 2.43. The average molecular weight is 312 g/mol. The average Bonchev–Trinajstić information content (AvgIpc) is 2.53. The van der Waals surface area contributed by atoms with Crippen LogP contribution in [0.4, 0.5) is 0 Å². The molecule has 3 nitrogen and oxygen atoms in total. The summed E-state index contributed by atoms with van der Waals surface area (Å²) in [5.74, 6) is 0. The number of nitrogens with two attached hydrogens (primary N) is 1. The van der Waals surface area contributed by atoms with Crippen LogP contribution in [0.15, 0.2) is 76.2 Å². The van der Waals surface area contributed by atoms with Crippen molar-refractivity contribution >= 4 is 16.9 Å². The fraction of sp³-hybridized carbons (Fsp3) is 0.278. The molecular formula is C18H20N2OS. The predicted molar refractivity (Wildman–Crippen MR) is 94.7 cm³/mol. The summed E-state index contributed by atoms with van der Waals surface area (Å²) in [6, 6.07) is 0. The number of ether oxygens (including phenoxy) is 1. The summed E-state index contributed by atoms with van der Waals surface area (Å²) in [5, 5.41) is 2.72. The van der Waals surface area contributed by atoms with Crippen LogP contribution in [-0.4, -0.2) is 23.9 Å². The zero-order valence-electron chi connectivity index (χ0n) is 12.5. The highest BCUT2D eigenvalue weighted by atomic mass is 32.2. The number of hydrogen-bond acceptors (Lipinski definition) is 4. The summed E-state index contributed by atoms with van der Waals surface area (Å²) in [6.45, 7) is 5.54. The standard InChI is InChI=1S/C18H20N2OS/c1-14-8-6-4-2-3-5-7-9-16(14)18-13-21-11-10-15(18)12-22-17(19)20-18/h2-7,9,12H,1,8,10-11,13H2,(H2,19,20)/b3-2-,6-4-,7-5-,16-9+. The van der Waals surface area contributed by atoms with Gasteiger partial charge in [0, 0.05) is 0 Å². The van der Waals surface area contributed by atoms with Crippen molar-refractivity contribution in [2.45, 2.75) is 18.4 Å². The molecule has 0 spiro atoms. The Kier molecular flexibility index (Phi) is 4.50. The van der Waals surface area contributed by atoms with Gasteiger partial charge in [-0.05, 0) is 35.0 Å². The highest BCUT2D eigenvalue weighted by molar-refractivity contribution is 8.16. The van der Waals surface area contributed by atoms with E-state index in [1.54, 1.807) is 0 Å². The number of amidine groups is 1. The molecule has 0 aromatic carbocycles. The fourth-order valence-corrected chi connectivity index (χ4v) is 3.69. The topological polar surface area (TPSA) is 47.6 Å². The number of allylic oxidation sites excluding steroid dienone is 7. The molecule has 2 aliphatic heterocycles. The van der Waals surface area contributed by atoms with Gasteiger partial charge < -0.3 is 10.5 Å². The zero-order chi connectivity index (χ0) is 15.4. The maximum Gasteiger partial charge on any atom is 0.159 e. The summed E-state index contributed by atoms with van der Waals surface area (Å²) in [5.41, 5.74) is 8.93. The molecule has 0 saturated carbocycles. The largest absolute Gasteiger partial charge is 0.378 e. The molecule has 2 heterocycles. The van der Waals surface area contributed by atoms with Crippen molar-refractivity contribution in [2.75, 3.05) is 13.2 Å². The van der Waals surface area contributed by atoms with E-state index in [9.17, 15) is 0 Å².